The van der Waals surface area contributed by atoms with Gasteiger partial charge in [-0.3, -0.25) is 0 Å². The third-order valence-electron chi connectivity index (χ3n) is 2.85. The molecule has 3 heteroatoms. The van der Waals surface area contributed by atoms with E-state index in [2.05, 4.69) is 12.2 Å². The lowest BCUT2D eigenvalue weighted by atomic mass is 10.1. The van der Waals surface area contributed by atoms with Crippen molar-refractivity contribution >= 4 is 6.03 Å². The lowest BCUT2D eigenvalue weighted by Crippen LogP contribution is -2.33. The Morgan fingerprint density at radius 1 is 1.70 bits per heavy atom. The van der Waals surface area contributed by atoms with Crippen LogP contribution in [0, 0.1) is 0 Å². The van der Waals surface area contributed by atoms with E-state index in [1.807, 2.05) is 7.05 Å². The molecular weight excluding hydrogens is 128 g/mol. The van der Waals surface area contributed by atoms with Crippen molar-refractivity contribution in [3.63, 3.8) is 0 Å². The minimum Gasteiger partial charge on any atom is -0.330 e. The summed E-state index contributed by atoms with van der Waals surface area (Å²) in [7, 11) is 1.85. The minimum absolute atomic E-state index is 0.0880. The molecule has 1 N–H and O–H groups in total. The first-order valence-electron chi connectivity index (χ1n) is 3.71. The Labute approximate surface area is 60.4 Å². The molecule has 2 fully saturated rings. The number of rotatable bonds is 0. The van der Waals surface area contributed by atoms with Crippen molar-refractivity contribution in [1.29, 1.82) is 0 Å². The second kappa shape index (κ2) is 1.47. The molecule has 0 bridgehead atoms. The van der Waals surface area contributed by atoms with E-state index in [9.17, 15) is 4.79 Å². The van der Waals surface area contributed by atoms with Gasteiger partial charge in [-0.15, -0.1) is 0 Å². The van der Waals surface area contributed by atoms with Gasteiger partial charge in [-0.2, -0.15) is 0 Å². The van der Waals surface area contributed by atoms with Gasteiger partial charge < -0.3 is 10.2 Å². The number of amides is 2. The summed E-state index contributed by atoms with van der Waals surface area (Å²) in [6, 6.07) is 0.477. The number of carbonyl (C=O) groups excluding carboxylic acids is 1. The van der Waals surface area contributed by atoms with Gasteiger partial charge in [0, 0.05) is 7.05 Å². The second-order valence-corrected chi connectivity index (χ2v) is 3.37. The molecule has 10 heavy (non-hydrogen) atoms. The molecule has 2 amide bonds. The van der Waals surface area contributed by atoms with Crippen LogP contribution in [0.25, 0.3) is 0 Å². The van der Waals surface area contributed by atoms with Gasteiger partial charge in [0.25, 0.3) is 0 Å². The molecule has 2 aliphatic rings. The fraction of sp³-hybridized carbons (Fsp3) is 0.857. The summed E-state index contributed by atoms with van der Waals surface area (Å²) >= 11 is 0. The number of carbonyl (C=O) groups is 1. The highest BCUT2D eigenvalue weighted by atomic mass is 16.2. The van der Waals surface area contributed by atoms with Crippen LogP contribution < -0.4 is 5.32 Å². The largest absolute Gasteiger partial charge is 0.330 e. The number of likely N-dealkylation sites (N-methyl/N-ethyl adjacent to an activating group) is 1. The Morgan fingerprint density at radius 3 is 2.50 bits per heavy atom. The fourth-order valence-corrected chi connectivity index (χ4v) is 1.63. The van der Waals surface area contributed by atoms with Crippen molar-refractivity contribution in [3.05, 3.63) is 0 Å². The predicted molar refractivity (Wildman–Crippen MR) is 37.7 cm³/mol. The van der Waals surface area contributed by atoms with Crippen LogP contribution in [-0.4, -0.2) is 29.6 Å². The van der Waals surface area contributed by atoms with E-state index in [1.165, 1.54) is 0 Å². The Morgan fingerprint density at radius 2 is 2.30 bits per heavy atom. The van der Waals surface area contributed by atoms with Gasteiger partial charge in [0.2, 0.25) is 0 Å². The molecule has 1 saturated heterocycles. The first kappa shape index (κ1) is 6.01. The predicted octanol–water partition coefficient (Wildman–Crippen LogP) is 0.562. The van der Waals surface area contributed by atoms with E-state index in [0.717, 1.165) is 12.8 Å². The third-order valence-corrected chi connectivity index (χ3v) is 2.85. The first-order valence-corrected chi connectivity index (χ1v) is 3.71. The normalized spacial score (nSPS) is 34.8. The lowest BCUT2D eigenvalue weighted by Gasteiger charge is -2.16. The van der Waals surface area contributed by atoms with Crippen molar-refractivity contribution < 1.29 is 4.79 Å². The van der Waals surface area contributed by atoms with Crippen LogP contribution in [0.3, 0.4) is 0 Å². The maximum atomic E-state index is 11.1. The van der Waals surface area contributed by atoms with Gasteiger partial charge in [0.05, 0.1) is 11.6 Å². The lowest BCUT2D eigenvalue weighted by molar-refractivity contribution is 0.218. The molecule has 1 aliphatic carbocycles. The number of urea groups is 1. The molecule has 2 rings (SSSR count). The van der Waals surface area contributed by atoms with Gasteiger partial charge in [0.1, 0.15) is 0 Å². The highest BCUT2D eigenvalue weighted by Crippen LogP contribution is 2.43. The summed E-state index contributed by atoms with van der Waals surface area (Å²) in [6.45, 7) is 2.10. The molecular formula is C7H12N2O. The van der Waals surface area contributed by atoms with Crippen LogP contribution in [-0.2, 0) is 0 Å². The second-order valence-electron chi connectivity index (χ2n) is 3.37. The van der Waals surface area contributed by atoms with Gasteiger partial charge in [-0.05, 0) is 19.8 Å². The van der Waals surface area contributed by atoms with Gasteiger partial charge in [-0.1, -0.05) is 0 Å². The SMILES string of the molecule is CC1N(C)C(=O)NC12CC2. The van der Waals surface area contributed by atoms with Crippen LogP contribution in [0.4, 0.5) is 4.79 Å². The maximum Gasteiger partial charge on any atom is 0.317 e. The number of hydrogen-bond donors (Lipinski definition) is 1. The summed E-state index contributed by atoms with van der Waals surface area (Å²) in [4.78, 5) is 12.8. The molecule has 0 aromatic carbocycles. The molecule has 0 radical (unpaired) electrons. The van der Waals surface area contributed by atoms with E-state index in [1.54, 1.807) is 4.90 Å². The fourth-order valence-electron chi connectivity index (χ4n) is 1.63. The summed E-state index contributed by atoms with van der Waals surface area (Å²) in [5.41, 5.74) is 0.172. The first-order chi connectivity index (χ1) is 4.66. The Bertz CT molecular complexity index is 186. The summed E-state index contributed by atoms with van der Waals surface area (Å²) in [5, 5.41) is 2.99. The van der Waals surface area contributed by atoms with Gasteiger partial charge >= 0.3 is 6.03 Å². The molecule has 0 aromatic rings. The van der Waals surface area contributed by atoms with Crippen molar-refractivity contribution in [2.24, 2.45) is 0 Å². The van der Waals surface area contributed by atoms with Crippen molar-refractivity contribution in [2.75, 3.05) is 7.05 Å². The topological polar surface area (TPSA) is 32.3 Å². The molecule has 3 nitrogen and oxygen atoms in total. The molecule has 1 heterocycles. The molecule has 1 atom stereocenters. The molecule has 1 saturated carbocycles. The number of nitrogens with one attached hydrogen (secondary N) is 1. The van der Waals surface area contributed by atoms with E-state index in [0.29, 0.717) is 6.04 Å². The number of hydrogen-bond acceptors (Lipinski definition) is 1. The van der Waals surface area contributed by atoms with Crippen LogP contribution in [0.15, 0.2) is 0 Å². The van der Waals surface area contributed by atoms with Gasteiger partial charge in [0.15, 0.2) is 0 Å². The van der Waals surface area contributed by atoms with Crippen molar-refractivity contribution in [2.45, 2.75) is 31.3 Å². The average molecular weight is 140 g/mol. The third kappa shape index (κ3) is 0.528. The average Bonchev–Trinajstić information content (AvgIpc) is 2.62. The zero-order valence-electron chi connectivity index (χ0n) is 6.35. The highest BCUT2D eigenvalue weighted by molar-refractivity contribution is 5.79. The van der Waals surface area contributed by atoms with Crippen LogP contribution in [0.2, 0.25) is 0 Å². The molecule has 56 valence electrons. The Kier molecular flexibility index (Phi) is 0.881. The van der Waals surface area contributed by atoms with Crippen molar-refractivity contribution in [1.82, 2.24) is 10.2 Å². The minimum atomic E-state index is 0.0880. The zero-order chi connectivity index (χ0) is 7.35. The molecule has 0 aromatic heterocycles. The quantitative estimate of drug-likeness (QED) is 0.524. The van der Waals surface area contributed by atoms with Crippen LogP contribution in [0.5, 0.6) is 0 Å². The van der Waals surface area contributed by atoms with Crippen molar-refractivity contribution in [3.8, 4) is 0 Å². The monoisotopic (exact) mass is 140 g/mol. The van der Waals surface area contributed by atoms with E-state index in [4.69, 9.17) is 0 Å². The Balaban J connectivity index is 2.23. The smallest absolute Gasteiger partial charge is 0.317 e. The Hall–Kier alpha value is -0.730. The molecule has 1 unspecified atom stereocenters. The highest BCUT2D eigenvalue weighted by Gasteiger charge is 2.55. The zero-order valence-corrected chi connectivity index (χ0v) is 6.35. The van der Waals surface area contributed by atoms with E-state index >= 15 is 0 Å². The van der Waals surface area contributed by atoms with Crippen LogP contribution >= 0.6 is 0 Å². The standard InChI is InChI=1S/C7H12N2O/c1-5-7(3-4-7)8-6(10)9(5)2/h5H,3-4H2,1-2H3,(H,8,10). The summed E-state index contributed by atoms with van der Waals surface area (Å²) in [6.07, 6.45) is 2.31. The number of nitrogens with zero attached hydrogens (tertiary/aromatic N) is 1. The maximum absolute atomic E-state index is 11.1. The van der Waals surface area contributed by atoms with E-state index < -0.39 is 0 Å². The van der Waals surface area contributed by atoms with Crippen LogP contribution in [0.1, 0.15) is 19.8 Å². The summed E-state index contributed by atoms with van der Waals surface area (Å²) < 4.78 is 0. The molecule has 1 spiro atoms. The summed E-state index contributed by atoms with van der Waals surface area (Å²) in [5.74, 6) is 0. The van der Waals surface area contributed by atoms with Gasteiger partial charge in [-0.25, -0.2) is 4.79 Å². The molecule has 1 aliphatic heterocycles. The van der Waals surface area contributed by atoms with E-state index in [-0.39, 0.29) is 11.6 Å².